The van der Waals surface area contributed by atoms with Gasteiger partial charge in [-0.1, -0.05) is 6.07 Å². The molecule has 1 rings (SSSR count). The third kappa shape index (κ3) is 2.03. The van der Waals surface area contributed by atoms with Gasteiger partial charge in [0.1, 0.15) is 11.9 Å². The Kier molecular flexibility index (Phi) is 3.20. The summed E-state index contributed by atoms with van der Waals surface area (Å²) in [5.41, 5.74) is 0.491. The number of aliphatic hydroxyl groups is 2. The SMILES string of the molecule is OCC(O)c1ccc(F)c(Br)c1. The molecule has 0 amide bonds. The summed E-state index contributed by atoms with van der Waals surface area (Å²) in [4.78, 5) is 0. The minimum absolute atomic E-state index is 0.285. The van der Waals surface area contributed by atoms with Gasteiger partial charge in [-0.25, -0.2) is 4.39 Å². The Balaban J connectivity index is 2.96. The highest BCUT2D eigenvalue weighted by Crippen LogP contribution is 2.20. The van der Waals surface area contributed by atoms with Gasteiger partial charge in [-0.2, -0.15) is 0 Å². The molecule has 12 heavy (non-hydrogen) atoms. The minimum Gasteiger partial charge on any atom is -0.393 e. The molecule has 0 heterocycles. The van der Waals surface area contributed by atoms with Gasteiger partial charge in [0.2, 0.25) is 0 Å². The molecule has 0 saturated heterocycles. The Hall–Kier alpha value is -0.450. The maximum atomic E-state index is 12.7. The van der Waals surface area contributed by atoms with E-state index in [-0.39, 0.29) is 16.9 Å². The van der Waals surface area contributed by atoms with Crippen LogP contribution in [-0.2, 0) is 0 Å². The third-order valence-corrected chi connectivity index (χ3v) is 2.11. The first-order chi connectivity index (χ1) is 5.65. The van der Waals surface area contributed by atoms with E-state index in [1.54, 1.807) is 0 Å². The number of benzene rings is 1. The smallest absolute Gasteiger partial charge is 0.137 e. The highest BCUT2D eigenvalue weighted by molar-refractivity contribution is 9.10. The van der Waals surface area contributed by atoms with Gasteiger partial charge in [-0.3, -0.25) is 0 Å². The first-order valence-corrected chi connectivity index (χ1v) is 4.18. The topological polar surface area (TPSA) is 40.5 Å². The summed E-state index contributed by atoms with van der Waals surface area (Å²) in [6.07, 6.45) is -0.943. The van der Waals surface area contributed by atoms with Crippen molar-refractivity contribution in [2.75, 3.05) is 6.61 Å². The maximum Gasteiger partial charge on any atom is 0.137 e. The van der Waals surface area contributed by atoms with Crippen LogP contribution in [0.1, 0.15) is 11.7 Å². The molecule has 2 N–H and O–H groups in total. The lowest BCUT2D eigenvalue weighted by molar-refractivity contribution is 0.0955. The molecule has 2 nitrogen and oxygen atoms in total. The Morgan fingerprint density at radius 3 is 2.67 bits per heavy atom. The van der Waals surface area contributed by atoms with Crippen LogP contribution in [0.15, 0.2) is 22.7 Å². The van der Waals surface area contributed by atoms with E-state index >= 15 is 0 Å². The van der Waals surface area contributed by atoms with Crippen molar-refractivity contribution in [2.45, 2.75) is 6.10 Å². The molecule has 0 aliphatic rings. The van der Waals surface area contributed by atoms with Gasteiger partial charge in [-0.15, -0.1) is 0 Å². The quantitative estimate of drug-likeness (QED) is 0.817. The molecule has 1 unspecified atom stereocenters. The lowest BCUT2D eigenvalue weighted by Crippen LogP contribution is -2.02. The molecule has 0 spiro atoms. The number of aliphatic hydroxyl groups excluding tert-OH is 2. The van der Waals surface area contributed by atoms with Crippen molar-refractivity contribution < 1.29 is 14.6 Å². The zero-order valence-corrected chi connectivity index (χ0v) is 7.75. The second-order valence-corrected chi connectivity index (χ2v) is 3.23. The van der Waals surface area contributed by atoms with Crippen molar-refractivity contribution in [1.29, 1.82) is 0 Å². The van der Waals surface area contributed by atoms with Gasteiger partial charge in [0, 0.05) is 0 Å². The summed E-state index contributed by atoms with van der Waals surface area (Å²) in [6, 6.07) is 4.11. The summed E-state index contributed by atoms with van der Waals surface area (Å²) >= 11 is 2.98. The van der Waals surface area contributed by atoms with Crippen LogP contribution in [-0.4, -0.2) is 16.8 Å². The van der Waals surface area contributed by atoms with Crippen molar-refractivity contribution in [3.63, 3.8) is 0 Å². The van der Waals surface area contributed by atoms with E-state index in [0.717, 1.165) is 0 Å². The molecule has 4 heteroatoms. The lowest BCUT2D eigenvalue weighted by atomic mass is 10.1. The average molecular weight is 235 g/mol. The molecular formula is C8H8BrFO2. The molecule has 0 fully saturated rings. The van der Waals surface area contributed by atoms with Crippen molar-refractivity contribution in [3.05, 3.63) is 34.1 Å². The standard InChI is InChI=1S/C8H8BrFO2/c9-6-3-5(8(12)4-11)1-2-7(6)10/h1-3,8,11-12H,4H2. The van der Waals surface area contributed by atoms with Crippen LogP contribution < -0.4 is 0 Å². The van der Waals surface area contributed by atoms with Gasteiger partial charge in [0.05, 0.1) is 11.1 Å². The molecule has 0 saturated carbocycles. The Bertz CT molecular complexity index is 278. The number of halogens is 2. The monoisotopic (exact) mass is 234 g/mol. The minimum atomic E-state index is -0.943. The zero-order valence-electron chi connectivity index (χ0n) is 6.17. The Morgan fingerprint density at radius 2 is 2.17 bits per heavy atom. The highest BCUT2D eigenvalue weighted by atomic mass is 79.9. The fourth-order valence-corrected chi connectivity index (χ4v) is 1.22. The zero-order chi connectivity index (χ0) is 9.14. The fourth-order valence-electron chi connectivity index (χ4n) is 0.825. The van der Waals surface area contributed by atoms with E-state index in [4.69, 9.17) is 10.2 Å². The van der Waals surface area contributed by atoms with Crippen LogP contribution in [0, 0.1) is 5.82 Å². The molecule has 0 aromatic heterocycles. The molecular weight excluding hydrogens is 227 g/mol. The predicted molar refractivity (Wildman–Crippen MR) is 46.1 cm³/mol. The largest absolute Gasteiger partial charge is 0.393 e. The van der Waals surface area contributed by atoms with Gasteiger partial charge in [0.25, 0.3) is 0 Å². The van der Waals surface area contributed by atoms with E-state index in [1.165, 1.54) is 18.2 Å². The van der Waals surface area contributed by atoms with Crippen molar-refractivity contribution in [3.8, 4) is 0 Å². The van der Waals surface area contributed by atoms with Crippen LogP contribution in [0.4, 0.5) is 4.39 Å². The molecule has 0 aliphatic heterocycles. The van der Waals surface area contributed by atoms with Gasteiger partial charge >= 0.3 is 0 Å². The molecule has 0 aliphatic carbocycles. The van der Waals surface area contributed by atoms with E-state index in [1.807, 2.05) is 0 Å². The molecule has 0 radical (unpaired) electrons. The lowest BCUT2D eigenvalue weighted by Gasteiger charge is -2.07. The number of rotatable bonds is 2. The summed E-state index contributed by atoms with van der Waals surface area (Å²) in [5, 5.41) is 17.7. The number of hydrogen-bond acceptors (Lipinski definition) is 2. The summed E-state index contributed by atoms with van der Waals surface area (Å²) < 4.78 is 13.0. The molecule has 1 aromatic rings. The van der Waals surface area contributed by atoms with Gasteiger partial charge in [-0.05, 0) is 33.6 Å². The van der Waals surface area contributed by atoms with Crippen LogP contribution in [0.5, 0.6) is 0 Å². The van der Waals surface area contributed by atoms with Gasteiger partial charge in [0.15, 0.2) is 0 Å². The summed E-state index contributed by atoms with van der Waals surface area (Å²) in [7, 11) is 0. The predicted octanol–water partition coefficient (Wildman–Crippen LogP) is 1.61. The molecule has 1 aromatic carbocycles. The van der Waals surface area contributed by atoms with Crippen LogP contribution in [0.2, 0.25) is 0 Å². The Morgan fingerprint density at radius 1 is 1.50 bits per heavy atom. The molecule has 1 atom stereocenters. The molecule has 0 bridgehead atoms. The normalized spacial score (nSPS) is 13.0. The third-order valence-electron chi connectivity index (χ3n) is 1.50. The fraction of sp³-hybridized carbons (Fsp3) is 0.250. The van der Waals surface area contributed by atoms with Crippen LogP contribution in [0.25, 0.3) is 0 Å². The first kappa shape index (κ1) is 9.64. The van der Waals surface area contributed by atoms with E-state index in [9.17, 15) is 4.39 Å². The van der Waals surface area contributed by atoms with E-state index < -0.39 is 6.10 Å². The van der Waals surface area contributed by atoms with Crippen LogP contribution in [0.3, 0.4) is 0 Å². The second kappa shape index (κ2) is 3.98. The average Bonchev–Trinajstić information content (AvgIpc) is 2.08. The van der Waals surface area contributed by atoms with E-state index in [2.05, 4.69) is 15.9 Å². The highest BCUT2D eigenvalue weighted by Gasteiger charge is 2.07. The van der Waals surface area contributed by atoms with E-state index in [0.29, 0.717) is 5.56 Å². The number of hydrogen-bond donors (Lipinski definition) is 2. The Labute approximate surface area is 77.8 Å². The maximum absolute atomic E-state index is 12.7. The summed E-state index contributed by atoms with van der Waals surface area (Å²) in [6.45, 7) is -0.363. The first-order valence-electron chi connectivity index (χ1n) is 3.39. The molecule has 66 valence electrons. The van der Waals surface area contributed by atoms with Crippen molar-refractivity contribution >= 4 is 15.9 Å². The van der Waals surface area contributed by atoms with Crippen molar-refractivity contribution in [1.82, 2.24) is 0 Å². The summed E-state index contributed by atoms with van der Waals surface area (Å²) in [5.74, 6) is -0.385. The van der Waals surface area contributed by atoms with Crippen LogP contribution >= 0.6 is 15.9 Å². The van der Waals surface area contributed by atoms with Gasteiger partial charge < -0.3 is 10.2 Å². The second-order valence-electron chi connectivity index (χ2n) is 2.37. The van der Waals surface area contributed by atoms with Crippen molar-refractivity contribution in [2.24, 2.45) is 0 Å².